The molecular formula is C11H18F2N2O2. The Morgan fingerprint density at radius 3 is 2.47 bits per heavy atom. The van der Waals surface area contributed by atoms with Crippen LogP contribution in [-0.4, -0.2) is 42.3 Å². The summed E-state index contributed by atoms with van der Waals surface area (Å²) in [5.74, 6) is -0.696. The van der Waals surface area contributed by atoms with Crippen molar-refractivity contribution in [3.63, 3.8) is 0 Å². The molecule has 1 rings (SSSR count). The molecule has 98 valence electrons. The first kappa shape index (κ1) is 13.9. The van der Waals surface area contributed by atoms with E-state index in [1.165, 1.54) is 0 Å². The molecule has 0 aromatic rings. The van der Waals surface area contributed by atoms with Crippen molar-refractivity contribution < 1.29 is 18.4 Å². The molecule has 0 saturated carbocycles. The molecule has 17 heavy (non-hydrogen) atoms. The minimum Gasteiger partial charge on any atom is -0.344 e. The van der Waals surface area contributed by atoms with Crippen LogP contribution in [0.15, 0.2) is 0 Å². The molecule has 1 unspecified atom stereocenters. The van der Waals surface area contributed by atoms with Crippen molar-refractivity contribution in [3.8, 4) is 0 Å². The van der Waals surface area contributed by atoms with Gasteiger partial charge in [-0.1, -0.05) is 20.8 Å². The zero-order valence-electron chi connectivity index (χ0n) is 10.3. The molecule has 1 N–H and O–H groups in total. The molecule has 1 atom stereocenters. The largest absolute Gasteiger partial charge is 0.344 e. The van der Waals surface area contributed by atoms with Crippen LogP contribution < -0.4 is 5.32 Å². The third-order valence-electron chi connectivity index (χ3n) is 2.70. The second-order valence-corrected chi connectivity index (χ2v) is 5.29. The van der Waals surface area contributed by atoms with Gasteiger partial charge in [-0.2, -0.15) is 0 Å². The molecule has 1 fully saturated rings. The van der Waals surface area contributed by atoms with Gasteiger partial charge in [-0.15, -0.1) is 0 Å². The second-order valence-electron chi connectivity index (χ2n) is 5.29. The second kappa shape index (κ2) is 4.98. The fourth-order valence-corrected chi connectivity index (χ4v) is 1.76. The third kappa shape index (κ3) is 3.64. The lowest BCUT2D eigenvalue weighted by atomic mass is 9.86. The van der Waals surface area contributed by atoms with Crippen LogP contribution >= 0.6 is 0 Å². The molecule has 1 heterocycles. The Kier molecular flexibility index (Phi) is 4.06. The quantitative estimate of drug-likeness (QED) is 0.793. The highest BCUT2D eigenvalue weighted by Gasteiger charge is 2.38. The zero-order valence-corrected chi connectivity index (χ0v) is 10.3. The van der Waals surface area contributed by atoms with Gasteiger partial charge in [0.25, 0.3) is 6.43 Å². The summed E-state index contributed by atoms with van der Waals surface area (Å²) >= 11 is 0. The Morgan fingerprint density at radius 2 is 2.00 bits per heavy atom. The maximum Gasteiger partial charge on any atom is 0.255 e. The maximum absolute atomic E-state index is 12.3. The highest BCUT2D eigenvalue weighted by atomic mass is 19.3. The van der Waals surface area contributed by atoms with E-state index in [-0.39, 0.29) is 18.9 Å². The van der Waals surface area contributed by atoms with Crippen molar-refractivity contribution in [2.75, 3.05) is 13.1 Å². The molecule has 0 aromatic heterocycles. The normalized spacial score (nSPS) is 22.7. The topological polar surface area (TPSA) is 49.4 Å². The van der Waals surface area contributed by atoms with Crippen LogP contribution in [0.3, 0.4) is 0 Å². The van der Waals surface area contributed by atoms with E-state index in [0.717, 1.165) is 4.90 Å². The molecule has 1 saturated heterocycles. The van der Waals surface area contributed by atoms with Gasteiger partial charge in [-0.05, 0) is 5.41 Å². The van der Waals surface area contributed by atoms with Crippen molar-refractivity contribution in [2.45, 2.75) is 39.7 Å². The summed E-state index contributed by atoms with van der Waals surface area (Å²) in [6, 6.07) is -0.740. The van der Waals surface area contributed by atoms with Crippen LogP contribution in [0.2, 0.25) is 0 Å². The number of nitrogens with zero attached hydrogens (tertiary/aromatic N) is 1. The van der Waals surface area contributed by atoms with E-state index in [0.29, 0.717) is 0 Å². The number of amides is 2. The molecule has 0 aliphatic carbocycles. The summed E-state index contributed by atoms with van der Waals surface area (Å²) in [6.45, 7) is 4.83. The molecule has 1 aliphatic heterocycles. The van der Waals surface area contributed by atoms with Crippen LogP contribution in [0.4, 0.5) is 8.78 Å². The van der Waals surface area contributed by atoms with E-state index >= 15 is 0 Å². The first-order chi connectivity index (χ1) is 7.71. The van der Waals surface area contributed by atoms with Gasteiger partial charge in [0, 0.05) is 13.0 Å². The maximum atomic E-state index is 12.3. The smallest absolute Gasteiger partial charge is 0.255 e. The Bertz CT molecular complexity index is 313. The van der Waals surface area contributed by atoms with Gasteiger partial charge in [0.05, 0.1) is 6.54 Å². The molecule has 0 bridgehead atoms. The van der Waals surface area contributed by atoms with Crippen LogP contribution in [0.25, 0.3) is 0 Å². The number of rotatable bonds is 2. The van der Waals surface area contributed by atoms with Crippen molar-refractivity contribution in [3.05, 3.63) is 0 Å². The van der Waals surface area contributed by atoms with E-state index in [1.807, 2.05) is 0 Å². The highest BCUT2D eigenvalue weighted by molar-refractivity contribution is 5.90. The minimum absolute atomic E-state index is 0.0571. The first-order valence-electron chi connectivity index (χ1n) is 5.58. The number of carbonyl (C=O) groups is 2. The van der Waals surface area contributed by atoms with E-state index in [1.54, 1.807) is 20.8 Å². The van der Waals surface area contributed by atoms with Gasteiger partial charge in [0.2, 0.25) is 11.8 Å². The van der Waals surface area contributed by atoms with E-state index < -0.39 is 30.3 Å². The number of nitrogens with one attached hydrogen (secondary N) is 1. The summed E-state index contributed by atoms with van der Waals surface area (Å²) in [5.41, 5.74) is -0.489. The SMILES string of the molecule is CC(C)(C)C1NC(=O)CCN(CC(F)F)C1=O. The monoisotopic (exact) mass is 248 g/mol. The van der Waals surface area contributed by atoms with E-state index in [4.69, 9.17) is 0 Å². The van der Waals surface area contributed by atoms with Gasteiger partial charge in [0.15, 0.2) is 0 Å². The standard InChI is InChI=1S/C11H18F2N2O2/c1-11(2,3)9-10(17)15(6-7(12)13)5-4-8(16)14-9/h7,9H,4-6H2,1-3H3,(H,14,16). The molecule has 0 radical (unpaired) electrons. The average molecular weight is 248 g/mol. The predicted molar refractivity (Wildman–Crippen MR) is 58.6 cm³/mol. The number of alkyl halides is 2. The van der Waals surface area contributed by atoms with E-state index in [9.17, 15) is 18.4 Å². The number of carbonyl (C=O) groups excluding carboxylic acids is 2. The van der Waals surface area contributed by atoms with Gasteiger partial charge in [-0.25, -0.2) is 8.78 Å². The van der Waals surface area contributed by atoms with Crippen molar-refractivity contribution in [1.82, 2.24) is 10.2 Å². The number of hydrogen-bond donors (Lipinski definition) is 1. The summed E-state index contributed by atoms with van der Waals surface area (Å²) in [5, 5.41) is 2.60. The summed E-state index contributed by atoms with van der Waals surface area (Å²) in [7, 11) is 0. The Balaban J connectivity index is 2.89. The van der Waals surface area contributed by atoms with Crippen molar-refractivity contribution in [2.24, 2.45) is 5.41 Å². The number of hydrogen-bond acceptors (Lipinski definition) is 2. The Labute approximate surface area is 99.3 Å². The third-order valence-corrected chi connectivity index (χ3v) is 2.70. The van der Waals surface area contributed by atoms with Crippen molar-refractivity contribution >= 4 is 11.8 Å². The lowest BCUT2D eigenvalue weighted by molar-refractivity contribution is -0.138. The summed E-state index contributed by atoms with van der Waals surface area (Å²) in [4.78, 5) is 24.6. The lowest BCUT2D eigenvalue weighted by Crippen LogP contribution is -2.52. The first-order valence-corrected chi connectivity index (χ1v) is 5.58. The Hall–Kier alpha value is -1.20. The van der Waals surface area contributed by atoms with E-state index in [2.05, 4.69) is 5.32 Å². The fraction of sp³-hybridized carbons (Fsp3) is 0.818. The van der Waals surface area contributed by atoms with Crippen LogP contribution in [0, 0.1) is 5.41 Å². The number of halogens is 2. The van der Waals surface area contributed by atoms with Gasteiger partial charge >= 0.3 is 0 Å². The lowest BCUT2D eigenvalue weighted by Gasteiger charge is -2.32. The van der Waals surface area contributed by atoms with Crippen molar-refractivity contribution in [1.29, 1.82) is 0 Å². The van der Waals surface area contributed by atoms with Gasteiger partial charge in [-0.3, -0.25) is 9.59 Å². The molecule has 0 aromatic carbocycles. The van der Waals surface area contributed by atoms with Crippen LogP contribution in [0.5, 0.6) is 0 Å². The Morgan fingerprint density at radius 1 is 1.41 bits per heavy atom. The molecule has 6 heteroatoms. The average Bonchev–Trinajstić information content (AvgIpc) is 2.29. The molecular weight excluding hydrogens is 230 g/mol. The minimum atomic E-state index is -2.58. The summed E-state index contributed by atoms with van der Waals surface area (Å²) in [6.07, 6.45) is -2.50. The fourth-order valence-electron chi connectivity index (χ4n) is 1.76. The molecule has 0 spiro atoms. The molecule has 2 amide bonds. The van der Waals surface area contributed by atoms with Crippen LogP contribution in [0.1, 0.15) is 27.2 Å². The predicted octanol–water partition coefficient (Wildman–Crippen LogP) is 1.01. The van der Waals surface area contributed by atoms with Crippen LogP contribution in [-0.2, 0) is 9.59 Å². The molecule has 4 nitrogen and oxygen atoms in total. The zero-order chi connectivity index (χ0) is 13.2. The summed E-state index contributed by atoms with van der Waals surface area (Å²) < 4.78 is 24.7. The highest BCUT2D eigenvalue weighted by Crippen LogP contribution is 2.23. The molecule has 1 aliphatic rings. The van der Waals surface area contributed by atoms with Gasteiger partial charge in [0.1, 0.15) is 6.04 Å². The van der Waals surface area contributed by atoms with Gasteiger partial charge < -0.3 is 10.2 Å².